The van der Waals surface area contributed by atoms with Crippen molar-refractivity contribution < 1.29 is 18.4 Å². The average molecular weight is 400 g/mol. The van der Waals surface area contributed by atoms with E-state index in [9.17, 15) is 9.18 Å². The van der Waals surface area contributed by atoms with Crippen LogP contribution >= 0.6 is 11.5 Å². The fourth-order valence-corrected chi connectivity index (χ4v) is 3.68. The van der Waals surface area contributed by atoms with Gasteiger partial charge in [-0.2, -0.15) is 9.85 Å². The third-order valence-electron chi connectivity index (χ3n) is 4.52. The van der Waals surface area contributed by atoms with E-state index in [-0.39, 0.29) is 17.4 Å². The molecule has 1 unspecified atom stereocenters. The number of nitrogens with one attached hydrogen (secondary N) is 1. The molecule has 0 radical (unpaired) electrons. The molecule has 0 fully saturated rings. The van der Waals surface area contributed by atoms with Crippen LogP contribution in [-0.2, 0) is 0 Å². The zero-order valence-electron chi connectivity index (χ0n) is 14.3. The molecule has 3 heterocycles. The lowest BCUT2D eigenvalue weighted by molar-refractivity contribution is 0.253. The predicted molar refractivity (Wildman–Crippen MR) is 99.3 cm³/mol. The van der Waals surface area contributed by atoms with E-state index in [2.05, 4.69) is 14.8 Å². The third-order valence-corrected chi connectivity index (χ3v) is 5.08. The molecule has 1 N–H and O–H groups in total. The highest BCUT2D eigenvalue weighted by atomic mass is 32.1. The number of halogens is 1. The van der Waals surface area contributed by atoms with Gasteiger partial charge in [-0.1, -0.05) is 18.2 Å². The standard InChI is InChI=1S/C18H13FN4O4S/c19-11-7-13-16(8-15(11)27-22-17-20-9-21-28-17)26-18(24)23(13)12-5-6-25-14-4-2-1-3-10(12)14/h1-4,7-9,12H,5-6H2,(H,20,21,22). The maximum Gasteiger partial charge on any atom is 0.420 e. The van der Waals surface area contributed by atoms with E-state index >= 15 is 0 Å². The largest absolute Gasteiger partial charge is 0.493 e. The highest BCUT2D eigenvalue weighted by Crippen LogP contribution is 2.36. The number of hydrogen-bond acceptors (Lipinski definition) is 8. The lowest BCUT2D eigenvalue weighted by atomic mass is 10.00. The third kappa shape index (κ3) is 2.78. The van der Waals surface area contributed by atoms with E-state index in [0.717, 1.165) is 17.1 Å². The Morgan fingerprint density at radius 3 is 3.07 bits per heavy atom. The molecule has 0 saturated heterocycles. The van der Waals surface area contributed by atoms with Crippen LogP contribution in [-0.4, -0.2) is 20.5 Å². The first-order chi connectivity index (χ1) is 13.7. The van der Waals surface area contributed by atoms with Crippen molar-refractivity contribution in [2.45, 2.75) is 12.5 Å². The Balaban J connectivity index is 1.55. The van der Waals surface area contributed by atoms with Crippen molar-refractivity contribution >= 4 is 27.8 Å². The molecule has 0 aliphatic carbocycles. The molecular weight excluding hydrogens is 387 g/mol. The van der Waals surface area contributed by atoms with Gasteiger partial charge in [0.15, 0.2) is 17.1 Å². The first-order valence-electron chi connectivity index (χ1n) is 8.46. The smallest absolute Gasteiger partial charge is 0.420 e. The average Bonchev–Trinajstić information content (AvgIpc) is 3.33. The number of anilines is 1. The Bertz CT molecular complexity index is 1200. The van der Waals surface area contributed by atoms with Gasteiger partial charge in [0.1, 0.15) is 12.1 Å². The molecule has 2 aromatic carbocycles. The van der Waals surface area contributed by atoms with Crippen LogP contribution in [0.15, 0.2) is 51.9 Å². The summed E-state index contributed by atoms with van der Waals surface area (Å²) in [6.45, 7) is 0.455. The number of rotatable bonds is 4. The summed E-state index contributed by atoms with van der Waals surface area (Å²) < 4.78 is 30.9. The maximum absolute atomic E-state index is 14.6. The molecule has 1 aliphatic heterocycles. The highest BCUT2D eigenvalue weighted by molar-refractivity contribution is 7.09. The lowest BCUT2D eigenvalue weighted by Crippen LogP contribution is -2.26. The Labute approximate surface area is 161 Å². The molecule has 10 heteroatoms. The number of ether oxygens (including phenoxy) is 1. The second-order valence-corrected chi connectivity index (χ2v) is 6.91. The minimum atomic E-state index is -0.639. The number of nitrogens with zero attached hydrogens (tertiary/aromatic N) is 3. The molecule has 5 rings (SSSR count). The monoisotopic (exact) mass is 400 g/mol. The predicted octanol–water partition coefficient (Wildman–Crippen LogP) is 3.36. The molecule has 4 aromatic rings. The van der Waals surface area contributed by atoms with Crippen molar-refractivity contribution in [1.29, 1.82) is 0 Å². The number of aromatic nitrogens is 3. The first kappa shape index (κ1) is 16.8. The molecule has 1 atom stereocenters. The zero-order chi connectivity index (χ0) is 19.1. The second kappa shape index (κ2) is 6.64. The molecule has 28 heavy (non-hydrogen) atoms. The van der Waals surface area contributed by atoms with Crippen molar-refractivity contribution in [2.24, 2.45) is 0 Å². The summed E-state index contributed by atoms with van der Waals surface area (Å²) in [5.41, 5.74) is 3.95. The number of fused-ring (bicyclic) bond motifs is 2. The topological polar surface area (TPSA) is 91.4 Å². The Kier molecular flexibility index (Phi) is 3.97. The van der Waals surface area contributed by atoms with E-state index in [1.807, 2.05) is 24.3 Å². The second-order valence-electron chi connectivity index (χ2n) is 6.13. The van der Waals surface area contributed by atoms with Gasteiger partial charge in [-0.25, -0.2) is 14.2 Å². The summed E-state index contributed by atoms with van der Waals surface area (Å²) in [6.07, 6.45) is 1.92. The van der Waals surface area contributed by atoms with E-state index in [1.165, 1.54) is 23.0 Å². The van der Waals surface area contributed by atoms with Crippen molar-refractivity contribution in [3.8, 4) is 11.5 Å². The number of benzene rings is 2. The van der Waals surface area contributed by atoms with Gasteiger partial charge < -0.3 is 14.0 Å². The highest BCUT2D eigenvalue weighted by Gasteiger charge is 2.27. The van der Waals surface area contributed by atoms with Crippen LogP contribution in [0.25, 0.3) is 11.1 Å². The van der Waals surface area contributed by atoms with Gasteiger partial charge in [0.25, 0.3) is 0 Å². The minimum absolute atomic E-state index is 0.115. The maximum atomic E-state index is 14.6. The van der Waals surface area contributed by atoms with Crippen molar-refractivity contribution in [2.75, 3.05) is 12.1 Å². The van der Waals surface area contributed by atoms with Gasteiger partial charge in [-0.05, 0) is 6.07 Å². The number of oxazole rings is 1. The van der Waals surface area contributed by atoms with E-state index < -0.39 is 11.6 Å². The minimum Gasteiger partial charge on any atom is -0.493 e. The fraction of sp³-hybridized carbons (Fsp3) is 0.167. The zero-order valence-corrected chi connectivity index (χ0v) is 15.1. The lowest BCUT2D eigenvalue weighted by Gasteiger charge is -2.26. The van der Waals surface area contributed by atoms with Crippen LogP contribution in [0.1, 0.15) is 18.0 Å². The van der Waals surface area contributed by atoms with Gasteiger partial charge in [-0.15, -0.1) is 0 Å². The van der Waals surface area contributed by atoms with Crippen molar-refractivity contribution in [3.05, 3.63) is 64.7 Å². The van der Waals surface area contributed by atoms with Crippen molar-refractivity contribution in [1.82, 2.24) is 13.9 Å². The van der Waals surface area contributed by atoms with E-state index in [4.69, 9.17) is 14.0 Å². The van der Waals surface area contributed by atoms with Crippen LogP contribution in [0.3, 0.4) is 0 Å². The molecular formula is C18H13FN4O4S. The summed E-state index contributed by atoms with van der Waals surface area (Å²) >= 11 is 1.06. The van der Waals surface area contributed by atoms with E-state index in [0.29, 0.717) is 29.4 Å². The Morgan fingerprint density at radius 1 is 1.32 bits per heavy atom. The van der Waals surface area contributed by atoms with Gasteiger partial charge in [0, 0.05) is 35.6 Å². The molecule has 142 valence electrons. The summed E-state index contributed by atoms with van der Waals surface area (Å²) in [5.74, 6) is -0.609. The first-order valence-corrected chi connectivity index (χ1v) is 9.24. The fourth-order valence-electron chi connectivity index (χ4n) is 3.32. The van der Waals surface area contributed by atoms with Crippen LogP contribution in [0.4, 0.5) is 9.52 Å². The summed E-state index contributed by atoms with van der Waals surface area (Å²) in [7, 11) is 0. The number of hydrogen-bond donors (Lipinski definition) is 1. The molecule has 2 aromatic heterocycles. The normalized spacial score (nSPS) is 15.8. The summed E-state index contributed by atoms with van der Waals surface area (Å²) in [5, 5.41) is 0.373. The van der Waals surface area contributed by atoms with Gasteiger partial charge in [0.05, 0.1) is 18.2 Å². The Morgan fingerprint density at radius 2 is 2.21 bits per heavy atom. The Hall–Kier alpha value is -3.40. The number of para-hydroxylation sites is 1. The SMILES string of the molecule is O=c1oc2cc(ONc3ncns3)c(F)cc2n1C1CCOc2ccccc21. The van der Waals surface area contributed by atoms with Crippen LogP contribution < -0.4 is 20.8 Å². The molecule has 0 saturated carbocycles. The molecule has 0 bridgehead atoms. The van der Waals surface area contributed by atoms with Crippen LogP contribution in [0, 0.1) is 5.82 Å². The molecule has 1 aliphatic rings. The van der Waals surface area contributed by atoms with E-state index in [1.54, 1.807) is 0 Å². The molecule has 0 amide bonds. The van der Waals surface area contributed by atoms with Gasteiger partial charge in [0.2, 0.25) is 5.13 Å². The molecule has 8 nitrogen and oxygen atoms in total. The van der Waals surface area contributed by atoms with Crippen LogP contribution in [0.2, 0.25) is 0 Å². The summed E-state index contributed by atoms with van der Waals surface area (Å²) in [6, 6.07) is 9.75. The molecule has 0 spiro atoms. The quantitative estimate of drug-likeness (QED) is 0.525. The van der Waals surface area contributed by atoms with Crippen molar-refractivity contribution in [3.63, 3.8) is 0 Å². The summed E-state index contributed by atoms with van der Waals surface area (Å²) in [4.78, 5) is 21.7. The van der Waals surface area contributed by atoms with Gasteiger partial charge >= 0.3 is 5.76 Å². The van der Waals surface area contributed by atoms with Crippen LogP contribution in [0.5, 0.6) is 11.5 Å². The van der Waals surface area contributed by atoms with Gasteiger partial charge in [-0.3, -0.25) is 4.57 Å².